The number of carbonyl (C=O) groups is 1. The van der Waals surface area contributed by atoms with Gasteiger partial charge in [-0.1, -0.05) is 41.6 Å². The van der Waals surface area contributed by atoms with Gasteiger partial charge in [-0.3, -0.25) is 19.4 Å². The number of benzene rings is 2. The van der Waals surface area contributed by atoms with E-state index in [0.29, 0.717) is 21.6 Å². The van der Waals surface area contributed by atoms with Crippen LogP contribution in [0.3, 0.4) is 0 Å². The molecular formula is C20H14ClN5O4S. The van der Waals surface area contributed by atoms with Gasteiger partial charge in [0.25, 0.3) is 11.1 Å². The summed E-state index contributed by atoms with van der Waals surface area (Å²) in [7, 11) is 0. The van der Waals surface area contributed by atoms with Crippen LogP contribution in [-0.4, -0.2) is 31.2 Å². The molecule has 2 aromatic carbocycles. The third-order valence-electron chi connectivity index (χ3n) is 4.21. The Labute approximate surface area is 183 Å². The molecule has 0 saturated carbocycles. The van der Waals surface area contributed by atoms with Crippen LogP contribution in [0, 0.1) is 0 Å². The van der Waals surface area contributed by atoms with Crippen LogP contribution in [0.15, 0.2) is 74.1 Å². The van der Waals surface area contributed by atoms with E-state index in [4.69, 9.17) is 11.6 Å². The summed E-state index contributed by atoms with van der Waals surface area (Å²) in [5, 5.41) is 3.66. The van der Waals surface area contributed by atoms with Crippen LogP contribution in [-0.2, 0) is 4.79 Å². The van der Waals surface area contributed by atoms with Crippen molar-refractivity contribution >= 4 is 46.0 Å². The lowest BCUT2D eigenvalue weighted by Crippen LogP contribution is -2.32. The molecule has 4 rings (SSSR count). The maximum Gasteiger partial charge on any atom is 0.334 e. The predicted octanol–water partition coefficient (Wildman–Crippen LogP) is 2.15. The lowest BCUT2D eigenvalue weighted by molar-refractivity contribution is -0.113. The first-order valence-electron chi connectivity index (χ1n) is 8.95. The Kier molecular flexibility index (Phi) is 5.74. The number of nitrogens with zero attached hydrogens (tertiary/aromatic N) is 2. The van der Waals surface area contributed by atoms with E-state index in [9.17, 15) is 19.2 Å². The standard InChI is InChI=1S/C20H14ClN5O4S/c21-11-4-3-5-12(8-11)26-15(9-16(27)24-20(26)30)23-17(28)10-31-19-22-14-7-2-1-6-13(14)18(29)25-19/h1-9H,10H2,(H,23,28)(H,22,25,29)(H,24,27,30). The highest BCUT2D eigenvalue weighted by atomic mass is 35.5. The minimum absolute atomic E-state index is 0.0124. The zero-order chi connectivity index (χ0) is 22.0. The van der Waals surface area contributed by atoms with E-state index >= 15 is 0 Å². The summed E-state index contributed by atoms with van der Waals surface area (Å²) >= 11 is 7.01. The molecular weight excluding hydrogens is 442 g/mol. The molecule has 0 bridgehead atoms. The molecule has 0 spiro atoms. The van der Waals surface area contributed by atoms with Crippen molar-refractivity contribution < 1.29 is 4.79 Å². The number of thioether (sulfide) groups is 1. The molecule has 2 aromatic heterocycles. The third-order valence-corrected chi connectivity index (χ3v) is 5.32. The zero-order valence-corrected chi connectivity index (χ0v) is 17.3. The molecule has 9 nitrogen and oxygen atoms in total. The van der Waals surface area contributed by atoms with Crippen LogP contribution in [0.2, 0.25) is 5.02 Å². The van der Waals surface area contributed by atoms with Crippen molar-refractivity contribution in [2.45, 2.75) is 5.16 Å². The van der Waals surface area contributed by atoms with Gasteiger partial charge in [0.2, 0.25) is 5.91 Å². The average molecular weight is 456 g/mol. The minimum atomic E-state index is -0.724. The van der Waals surface area contributed by atoms with Crippen LogP contribution in [0.4, 0.5) is 5.82 Å². The first-order valence-corrected chi connectivity index (χ1v) is 10.3. The van der Waals surface area contributed by atoms with Gasteiger partial charge in [-0.25, -0.2) is 14.3 Å². The SMILES string of the molecule is O=C(CSc1nc2ccccc2c(=O)[nH]1)Nc1cc(=O)[nH]c(=O)n1-c1cccc(Cl)c1. The van der Waals surface area contributed by atoms with Crippen LogP contribution in [0.1, 0.15) is 0 Å². The van der Waals surface area contributed by atoms with Gasteiger partial charge in [0.05, 0.1) is 22.3 Å². The molecule has 0 aliphatic rings. The molecule has 4 aromatic rings. The number of anilines is 1. The molecule has 11 heteroatoms. The number of para-hydroxylation sites is 1. The predicted molar refractivity (Wildman–Crippen MR) is 119 cm³/mol. The molecule has 3 N–H and O–H groups in total. The normalized spacial score (nSPS) is 10.9. The number of nitrogens with one attached hydrogen (secondary N) is 3. The number of H-pyrrole nitrogens is 2. The van der Waals surface area contributed by atoms with Crippen molar-refractivity contribution in [3.05, 3.63) is 90.8 Å². The second-order valence-electron chi connectivity index (χ2n) is 6.36. The van der Waals surface area contributed by atoms with Crippen molar-refractivity contribution in [1.29, 1.82) is 0 Å². The Morgan fingerprint density at radius 1 is 1.06 bits per heavy atom. The first kappa shape index (κ1) is 20.6. The van der Waals surface area contributed by atoms with E-state index in [0.717, 1.165) is 22.4 Å². The molecule has 1 amide bonds. The Morgan fingerprint density at radius 2 is 1.87 bits per heavy atom. The lowest BCUT2D eigenvalue weighted by atomic mass is 10.2. The average Bonchev–Trinajstić information content (AvgIpc) is 2.72. The van der Waals surface area contributed by atoms with Gasteiger partial charge >= 0.3 is 5.69 Å². The van der Waals surface area contributed by atoms with E-state index in [-0.39, 0.29) is 22.3 Å². The molecule has 2 heterocycles. The zero-order valence-electron chi connectivity index (χ0n) is 15.7. The van der Waals surface area contributed by atoms with E-state index in [1.807, 2.05) is 0 Å². The largest absolute Gasteiger partial charge is 0.334 e. The fourth-order valence-electron chi connectivity index (χ4n) is 2.91. The second-order valence-corrected chi connectivity index (χ2v) is 7.76. The molecule has 0 radical (unpaired) electrons. The van der Waals surface area contributed by atoms with Crippen molar-refractivity contribution in [2.24, 2.45) is 0 Å². The monoisotopic (exact) mass is 455 g/mol. The number of halogens is 1. The quantitative estimate of drug-likeness (QED) is 0.312. The van der Waals surface area contributed by atoms with E-state index in [1.54, 1.807) is 42.5 Å². The molecule has 0 unspecified atom stereocenters. The molecule has 31 heavy (non-hydrogen) atoms. The smallest absolute Gasteiger partial charge is 0.311 e. The number of fused-ring (bicyclic) bond motifs is 1. The third kappa shape index (κ3) is 4.60. The Bertz CT molecular complexity index is 1480. The van der Waals surface area contributed by atoms with Gasteiger partial charge in [-0.15, -0.1) is 0 Å². The summed E-state index contributed by atoms with van der Waals surface area (Å²) in [6.07, 6.45) is 0. The van der Waals surface area contributed by atoms with Gasteiger partial charge in [0, 0.05) is 11.1 Å². The van der Waals surface area contributed by atoms with Gasteiger partial charge < -0.3 is 10.3 Å². The summed E-state index contributed by atoms with van der Waals surface area (Å²) in [5.74, 6) is -0.624. The fourth-order valence-corrected chi connectivity index (χ4v) is 3.76. The van der Waals surface area contributed by atoms with Crippen LogP contribution in [0.5, 0.6) is 0 Å². The van der Waals surface area contributed by atoms with Crippen LogP contribution < -0.4 is 22.1 Å². The van der Waals surface area contributed by atoms with Gasteiger partial charge in [-0.05, 0) is 30.3 Å². The van der Waals surface area contributed by atoms with E-state index < -0.39 is 17.2 Å². The number of amides is 1. The highest BCUT2D eigenvalue weighted by Gasteiger charge is 2.13. The minimum Gasteiger partial charge on any atom is -0.311 e. The van der Waals surface area contributed by atoms with Crippen molar-refractivity contribution in [1.82, 2.24) is 19.5 Å². The summed E-state index contributed by atoms with van der Waals surface area (Å²) in [6, 6.07) is 14.4. The van der Waals surface area contributed by atoms with Crippen molar-refractivity contribution in [3.63, 3.8) is 0 Å². The first-order chi connectivity index (χ1) is 14.9. The summed E-state index contributed by atoms with van der Waals surface area (Å²) in [4.78, 5) is 57.9. The molecule has 0 atom stereocenters. The number of carbonyl (C=O) groups excluding carboxylic acids is 1. The number of hydrogen-bond acceptors (Lipinski definition) is 6. The van der Waals surface area contributed by atoms with Gasteiger partial charge in [0.15, 0.2) is 5.16 Å². The summed E-state index contributed by atoms with van der Waals surface area (Å²) in [6.45, 7) is 0. The lowest BCUT2D eigenvalue weighted by Gasteiger charge is -2.13. The van der Waals surface area contributed by atoms with Crippen molar-refractivity contribution in [3.8, 4) is 5.69 Å². The van der Waals surface area contributed by atoms with Gasteiger partial charge in [0.1, 0.15) is 5.82 Å². The number of rotatable bonds is 5. The Morgan fingerprint density at radius 3 is 2.68 bits per heavy atom. The summed E-state index contributed by atoms with van der Waals surface area (Å²) in [5.41, 5.74) is -0.807. The van der Waals surface area contributed by atoms with Crippen molar-refractivity contribution in [2.75, 3.05) is 11.1 Å². The molecule has 0 aliphatic heterocycles. The molecule has 0 fully saturated rings. The number of aromatic amines is 2. The highest BCUT2D eigenvalue weighted by Crippen LogP contribution is 2.18. The summed E-state index contributed by atoms with van der Waals surface area (Å²) < 4.78 is 1.13. The number of aromatic nitrogens is 4. The van der Waals surface area contributed by atoms with E-state index in [2.05, 4.69) is 20.3 Å². The second kappa shape index (κ2) is 8.62. The highest BCUT2D eigenvalue weighted by molar-refractivity contribution is 7.99. The van der Waals surface area contributed by atoms with Crippen LogP contribution >= 0.6 is 23.4 Å². The Balaban J connectivity index is 1.57. The molecule has 0 aliphatic carbocycles. The number of hydrogen-bond donors (Lipinski definition) is 3. The maximum absolute atomic E-state index is 12.5. The van der Waals surface area contributed by atoms with Crippen LogP contribution in [0.25, 0.3) is 16.6 Å². The van der Waals surface area contributed by atoms with E-state index in [1.165, 1.54) is 6.07 Å². The fraction of sp³-hybridized carbons (Fsp3) is 0.0500. The molecule has 156 valence electrons. The van der Waals surface area contributed by atoms with Gasteiger partial charge in [-0.2, -0.15) is 0 Å². The topological polar surface area (TPSA) is 130 Å². The maximum atomic E-state index is 12.5. The Hall–Kier alpha value is -3.63. The molecule has 0 saturated heterocycles.